The second-order valence-corrected chi connectivity index (χ2v) is 4.25. The summed E-state index contributed by atoms with van der Waals surface area (Å²) in [7, 11) is 2.18. The summed E-state index contributed by atoms with van der Waals surface area (Å²) >= 11 is 0. The van der Waals surface area contributed by atoms with Crippen molar-refractivity contribution < 1.29 is 4.58 Å². The summed E-state index contributed by atoms with van der Waals surface area (Å²) in [5.74, 6) is 0. The fourth-order valence-electron chi connectivity index (χ4n) is 2.23. The number of hydrogen-bond donors (Lipinski definition) is 0. The van der Waals surface area contributed by atoms with Crippen LogP contribution in [0.4, 0.5) is 0 Å². The van der Waals surface area contributed by atoms with Crippen molar-refractivity contribution in [2.75, 3.05) is 13.6 Å². The molecule has 0 saturated heterocycles. The zero-order valence-corrected chi connectivity index (χ0v) is 9.59. The van der Waals surface area contributed by atoms with Crippen LogP contribution >= 0.6 is 0 Å². The summed E-state index contributed by atoms with van der Waals surface area (Å²) in [5, 5.41) is 0. The Labute approximate surface area is 91.8 Å². The van der Waals surface area contributed by atoms with Crippen molar-refractivity contribution in [2.45, 2.75) is 19.8 Å². The molecular formula is C14H18N+. The van der Waals surface area contributed by atoms with Gasteiger partial charge in [-0.05, 0) is 24.1 Å². The molecule has 1 heteroatoms. The molecule has 0 aliphatic carbocycles. The van der Waals surface area contributed by atoms with E-state index in [1.807, 2.05) is 6.08 Å². The highest BCUT2D eigenvalue weighted by atomic mass is 15.0. The molecule has 1 heterocycles. The maximum absolute atomic E-state index is 3.82. The predicted octanol–water partition coefficient (Wildman–Crippen LogP) is 2.86. The highest BCUT2D eigenvalue weighted by molar-refractivity contribution is 5.99. The first kappa shape index (κ1) is 10.2. The van der Waals surface area contributed by atoms with E-state index in [0.717, 1.165) is 0 Å². The topological polar surface area (TPSA) is 3.01 Å². The third-order valence-corrected chi connectivity index (χ3v) is 3.18. The zero-order valence-electron chi connectivity index (χ0n) is 9.59. The van der Waals surface area contributed by atoms with E-state index in [0.29, 0.717) is 0 Å². The molecule has 2 rings (SSSR count). The zero-order chi connectivity index (χ0) is 10.8. The lowest BCUT2D eigenvalue weighted by Crippen LogP contribution is -2.12. The van der Waals surface area contributed by atoms with Crippen LogP contribution in [0.2, 0.25) is 0 Å². The summed E-state index contributed by atoms with van der Waals surface area (Å²) < 4.78 is 2.37. The lowest BCUT2D eigenvalue weighted by atomic mass is 9.99. The Morgan fingerprint density at radius 2 is 2.20 bits per heavy atom. The maximum atomic E-state index is 3.82. The molecule has 0 bridgehead atoms. The van der Waals surface area contributed by atoms with Gasteiger partial charge in [0.25, 0.3) is 0 Å². The molecule has 1 aliphatic rings. The average molecular weight is 200 g/mol. The number of nitrogens with zero attached hydrogens (tertiary/aromatic N) is 1. The van der Waals surface area contributed by atoms with Gasteiger partial charge >= 0.3 is 0 Å². The first-order valence-electron chi connectivity index (χ1n) is 5.53. The summed E-state index contributed by atoms with van der Waals surface area (Å²) in [6.07, 6.45) is 4.40. The van der Waals surface area contributed by atoms with Gasteiger partial charge in [0.2, 0.25) is 0 Å². The Hall–Kier alpha value is -1.37. The third-order valence-electron chi connectivity index (χ3n) is 3.18. The molecule has 0 radical (unpaired) electrons. The van der Waals surface area contributed by atoms with Gasteiger partial charge in [0.15, 0.2) is 5.71 Å². The standard InChI is InChI=1S/C14H18N/c1-4-12-8-7-11(2)13(10-12)14-6-5-9-15(14)3/h4,7-8,10H,1,5-6,9H2,2-3H3/q+1. The van der Waals surface area contributed by atoms with E-state index in [4.69, 9.17) is 0 Å². The van der Waals surface area contributed by atoms with Crippen molar-refractivity contribution in [1.29, 1.82) is 0 Å². The van der Waals surface area contributed by atoms with E-state index in [2.05, 4.69) is 43.3 Å². The molecule has 78 valence electrons. The normalized spacial score (nSPS) is 15.9. The highest BCUT2D eigenvalue weighted by Crippen LogP contribution is 2.18. The molecule has 0 atom stereocenters. The Balaban J connectivity index is 2.51. The first-order chi connectivity index (χ1) is 7.22. The number of rotatable bonds is 2. The summed E-state index contributed by atoms with van der Waals surface area (Å²) in [4.78, 5) is 0. The van der Waals surface area contributed by atoms with Crippen molar-refractivity contribution in [1.82, 2.24) is 0 Å². The van der Waals surface area contributed by atoms with Crippen LogP contribution in [0.1, 0.15) is 29.5 Å². The summed E-state index contributed by atoms with van der Waals surface area (Å²) in [6, 6.07) is 6.56. The van der Waals surface area contributed by atoms with E-state index >= 15 is 0 Å². The van der Waals surface area contributed by atoms with Crippen LogP contribution in [-0.2, 0) is 0 Å². The molecule has 1 aromatic carbocycles. The molecule has 0 aromatic heterocycles. The Kier molecular flexibility index (Phi) is 2.72. The van der Waals surface area contributed by atoms with Crippen molar-refractivity contribution in [2.24, 2.45) is 0 Å². The van der Waals surface area contributed by atoms with Crippen LogP contribution in [0, 0.1) is 6.92 Å². The van der Waals surface area contributed by atoms with Gasteiger partial charge in [0, 0.05) is 18.4 Å². The van der Waals surface area contributed by atoms with Gasteiger partial charge in [-0.2, -0.15) is 0 Å². The van der Waals surface area contributed by atoms with Gasteiger partial charge in [-0.3, -0.25) is 0 Å². The lowest BCUT2D eigenvalue weighted by molar-refractivity contribution is -0.488. The van der Waals surface area contributed by atoms with Gasteiger partial charge in [-0.1, -0.05) is 24.8 Å². The molecule has 1 aromatic rings. The molecule has 1 nitrogen and oxygen atoms in total. The predicted molar refractivity (Wildman–Crippen MR) is 65.7 cm³/mol. The summed E-state index contributed by atoms with van der Waals surface area (Å²) in [5.41, 5.74) is 5.45. The second-order valence-electron chi connectivity index (χ2n) is 4.25. The van der Waals surface area contributed by atoms with Gasteiger partial charge in [0.1, 0.15) is 13.6 Å². The van der Waals surface area contributed by atoms with E-state index in [1.165, 1.54) is 41.8 Å². The molecule has 0 spiro atoms. The Bertz CT molecular complexity index is 427. The van der Waals surface area contributed by atoms with Crippen LogP contribution in [0.5, 0.6) is 0 Å². The second kappa shape index (κ2) is 4.01. The molecule has 0 unspecified atom stereocenters. The van der Waals surface area contributed by atoms with Crippen LogP contribution < -0.4 is 0 Å². The minimum atomic E-state index is 1.19. The first-order valence-corrected chi connectivity index (χ1v) is 5.53. The van der Waals surface area contributed by atoms with E-state index in [9.17, 15) is 0 Å². The number of hydrogen-bond acceptors (Lipinski definition) is 0. The van der Waals surface area contributed by atoms with Gasteiger partial charge in [-0.15, -0.1) is 0 Å². The highest BCUT2D eigenvalue weighted by Gasteiger charge is 2.21. The van der Waals surface area contributed by atoms with Crippen molar-refractivity contribution >= 4 is 11.8 Å². The lowest BCUT2D eigenvalue weighted by Gasteiger charge is -2.04. The minimum Gasteiger partial charge on any atom is -0.236 e. The molecule has 0 amide bonds. The van der Waals surface area contributed by atoms with Crippen LogP contribution in [0.25, 0.3) is 6.08 Å². The van der Waals surface area contributed by atoms with Crippen molar-refractivity contribution in [3.8, 4) is 0 Å². The van der Waals surface area contributed by atoms with Gasteiger partial charge < -0.3 is 0 Å². The van der Waals surface area contributed by atoms with E-state index < -0.39 is 0 Å². The summed E-state index contributed by atoms with van der Waals surface area (Å²) in [6.45, 7) is 7.19. The maximum Gasteiger partial charge on any atom is 0.183 e. The van der Waals surface area contributed by atoms with E-state index in [1.54, 1.807) is 0 Å². The molecular weight excluding hydrogens is 182 g/mol. The largest absolute Gasteiger partial charge is 0.236 e. The molecule has 1 aliphatic heterocycles. The van der Waals surface area contributed by atoms with Crippen LogP contribution in [-0.4, -0.2) is 23.9 Å². The quantitative estimate of drug-likeness (QED) is 0.646. The average Bonchev–Trinajstić information content (AvgIpc) is 2.65. The van der Waals surface area contributed by atoms with Gasteiger partial charge in [-0.25, -0.2) is 4.58 Å². The fourth-order valence-corrected chi connectivity index (χ4v) is 2.23. The smallest absolute Gasteiger partial charge is 0.183 e. The molecule has 0 saturated carbocycles. The van der Waals surface area contributed by atoms with Crippen LogP contribution in [0.3, 0.4) is 0 Å². The fraction of sp³-hybridized carbons (Fsp3) is 0.357. The monoisotopic (exact) mass is 200 g/mol. The Morgan fingerprint density at radius 1 is 1.40 bits per heavy atom. The molecule has 0 fully saturated rings. The number of aryl methyl sites for hydroxylation is 1. The Morgan fingerprint density at radius 3 is 2.80 bits per heavy atom. The molecule has 15 heavy (non-hydrogen) atoms. The SMILES string of the molecule is C=Cc1ccc(C)c(C2=[N+](C)CCC2)c1. The van der Waals surface area contributed by atoms with Gasteiger partial charge in [0.05, 0.1) is 0 Å². The number of benzene rings is 1. The van der Waals surface area contributed by atoms with Crippen molar-refractivity contribution in [3.63, 3.8) is 0 Å². The minimum absolute atomic E-state index is 1.19. The van der Waals surface area contributed by atoms with E-state index in [-0.39, 0.29) is 0 Å². The van der Waals surface area contributed by atoms with Crippen molar-refractivity contribution in [3.05, 3.63) is 41.5 Å². The molecule has 0 N–H and O–H groups in total. The van der Waals surface area contributed by atoms with Crippen LogP contribution in [0.15, 0.2) is 24.8 Å². The third kappa shape index (κ3) is 1.87.